The van der Waals surface area contributed by atoms with Crippen molar-refractivity contribution in [3.63, 3.8) is 0 Å². The zero-order valence-corrected chi connectivity index (χ0v) is 14.1. The van der Waals surface area contributed by atoms with Gasteiger partial charge in [-0.15, -0.1) is 0 Å². The average Bonchev–Trinajstić information content (AvgIpc) is 2.26. The van der Waals surface area contributed by atoms with Gasteiger partial charge in [-0.05, 0) is 19.1 Å². The molecule has 0 saturated heterocycles. The molecule has 0 unspecified atom stereocenters. The van der Waals surface area contributed by atoms with Gasteiger partial charge in [0, 0.05) is 16.5 Å². The molecule has 4 nitrogen and oxygen atoms in total. The Morgan fingerprint density at radius 1 is 1.16 bits per heavy atom. The quantitative estimate of drug-likeness (QED) is 0.460. The molecular weight excluding hydrogens is 293 g/mol. The molecule has 2 aromatic rings. The van der Waals surface area contributed by atoms with Gasteiger partial charge in [0.25, 0.3) is 0 Å². The van der Waals surface area contributed by atoms with Crippen LogP contribution >= 0.6 is 12.2 Å². The Hall–Kier alpha value is -0.500. The van der Waals surface area contributed by atoms with E-state index in [0.717, 1.165) is 0 Å². The summed E-state index contributed by atoms with van der Waals surface area (Å²) in [7, 11) is -4.49. The fraction of sp³-hybridized carbons (Fsp3) is 0.0833. The Labute approximate surface area is 139 Å². The van der Waals surface area contributed by atoms with Crippen LogP contribution in [0.25, 0.3) is 10.8 Å². The van der Waals surface area contributed by atoms with Crippen LogP contribution in [0.4, 0.5) is 5.69 Å². The summed E-state index contributed by atoms with van der Waals surface area (Å²) >= 11 is 4.96. The van der Waals surface area contributed by atoms with E-state index >= 15 is 0 Å². The Balaban J connectivity index is 0.00000180. The van der Waals surface area contributed by atoms with Crippen LogP contribution in [0.1, 0.15) is 6.92 Å². The van der Waals surface area contributed by atoms with Crippen LogP contribution in [0.5, 0.6) is 0 Å². The van der Waals surface area contributed by atoms with Gasteiger partial charge >= 0.3 is 29.6 Å². The van der Waals surface area contributed by atoms with Crippen LogP contribution in [0, 0.1) is 0 Å². The van der Waals surface area contributed by atoms with Gasteiger partial charge < -0.3 is 9.87 Å². The molecule has 94 valence electrons. The van der Waals surface area contributed by atoms with Crippen LogP contribution in [0.3, 0.4) is 0 Å². The number of rotatable bonds is 2. The number of anilines is 1. The first-order chi connectivity index (χ1) is 8.39. The van der Waals surface area contributed by atoms with Crippen LogP contribution in [0.15, 0.2) is 41.3 Å². The first-order valence-corrected chi connectivity index (χ1v) is 6.96. The maximum Gasteiger partial charge on any atom is 1.00 e. The second-order valence-electron chi connectivity index (χ2n) is 3.79. The monoisotopic (exact) mass is 303 g/mol. The standard InChI is InChI=1S/C12H11NO3S2.Na/c1-8(17)13-11-6-2-5-10-9(11)4-3-7-12(10)18(14,15)16;/h2-7H,1H3,(H,13,17)(H,14,15,16);/q;+1/p-1. The number of hydrogen-bond donors (Lipinski definition) is 1. The maximum absolute atomic E-state index is 11.2. The molecule has 0 aliphatic heterocycles. The Bertz CT molecular complexity index is 729. The Kier molecular flexibility index (Phi) is 5.49. The largest absolute Gasteiger partial charge is 1.00 e. The van der Waals surface area contributed by atoms with Crippen molar-refractivity contribution in [2.75, 3.05) is 5.32 Å². The SMILES string of the molecule is CC(=S)Nc1cccc2c(S(=O)(=O)[O-])cccc12.[Na+]. The van der Waals surface area contributed by atoms with Crippen LogP contribution in [-0.4, -0.2) is 18.0 Å². The van der Waals surface area contributed by atoms with Crippen molar-refractivity contribution >= 4 is 43.8 Å². The zero-order chi connectivity index (χ0) is 13.3. The summed E-state index contributed by atoms with van der Waals surface area (Å²) in [6.07, 6.45) is 0. The minimum Gasteiger partial charge on any atom is -0.744 e. The molecule has 0 bridgehead atoms. The normalized spacial score (nSPS) is 10.8. The molecule has 0 amide bonds. The molecule has 2 rings (SSSR count). The van der Waals surface area contributed by atoms with Crippen molar-refractivity contribution in [1.82, 2.24) is 0 Å². The van der Waals surface area contributed by atoms with Gasteiger partial charge in [-0.1, -0.05) is 36.5 Å². The van der Waals surface area contributed by atoms with Gasteiger partial charge in [0.05, 0.1) is 9.88 Å². The summed E-state index contributed by atoms with van der Waals surface area (Å²) in [6, 6.07) is 9.64. The summed E-state index contributed by atoms with van der Waals surface area (Å²) in [5.41, 5.74) is 0.686. The molecule has 19 heavy (non-hydrogen) atoms. The molecule has 0 radical (unpaired) electrons. The third kappa shape index (κ3) is 3.75. The predicted octanol–water partition coefficient (Wildman–Crippen LogP) is -0.493. The van der Waals surface area contributed by atoms with Crippen molar-refractivity contribution in [1.29, 1.82) is 0 Å². The molecule has 0 heterocycles. The smallest absolute Gasteiger partial charge is 0.744 e. The van der Waals surface area contributed by atoms with Crippen molar-refractivity contribution in [3.05, 3.63) is 36.4 Å². The minimum absolute atomic E-state index is 0. The van der Waals surface area contributed by atoms with Gasteiger partial charge in [0.1, 0.15) is 10.1 Å². The zero-order valence-electron chi connectivity index (χ0n) is 10.5. The molecule has 1 N–H and O–H groups in total. The number of fused-ring (bicyclic) bond motifs is 1. The van der Waals surface area contributed by atoms with Crippen molar-refractivity contribution in [2.45, 2.75) is 11.8 Å². The van der Waals surface area contributed by atoms with Gasteiger partial charge in [-0.3, -0.25) is 0 Å². The van der Waals surface area contributed by atoms with E-state index in [1.807, 2.05) is 0 Å². The molecule has 7 heteroatoms. The van der Waals surface area contributed by atoms with Crippen molar-refractivity contribution < 1.29 is 42.5 Å². The predicted molar refractivity (Wildman–Crippen MR) is 73.8 cm³/mol. The maximum atomic E-state index is 11.2. The van der Waals surface area contributed by atoms with Crippen LogP contribution in [0.2, 0.25) is 0 Å². The van der Waals surface area contributed by atoms with Crippen LogP contribution < -0.4 is 34.9 Å². The fourth-order valence-corrected chi connectivity index (χ4v) is 2.60. The van der Waals surface area contributed by atoms with E-state index in [9.17, 15) is 13.0 Å². The second-order valence-corrected chi connectivity index (χ2v) is 5.75. The second kappa shape index (κ2) is 6.30. The average molecular weight is 303 g/mol. The summed E-state index contributed by atoms with van der Waals surface area (Å²) in [5.74, 6) is 0. The molecule has 0 spiro atoms. The number of benzene rings is 2. The van der Waals surface area contributed by atoms with E-state index in [1.165, 1.54) is 12.1 Å². The molecule has 0 atom stereocenters. The van der Waals surface area contributed by atoms with E-state index in [0.29, 0.717) is 21.4 Å². The Morgan fingerprint density at radius 3 is 2.32 bits per heavy atom. The van der Waals surface area contributed by atoms with Gasteiger partial charge in [-0.25, -0.2) is 8.42 Å². The summed E-state index contributed by atoms with van der Waals surface area (Å²) in [4.78, 5) is 0.351. The summed E-state index contributed by atoms with van der Waals surface area (Å²) in [5, 5.41) is 4.01. The molecule has 0 saturated carbocycles. The van der Waals surface area contributed by atoms with E-state index in [2.05, 4.69) is 5.32 Å². The molecule has 2 aromatic carbocycles. The van der Waals surface area contributed by atoms with Crippen molar-refractivity contribution in [3.8, 4) is 0 Å². The fourth-order valence-electron chi connectivity index (χ4n) is 1.80. The first kappa shape index (κ1) is 16.6. The third-order valence-electron chi connectivity index (χ3n) is 2.46. The van der Waals surface area contributed by atoms with Crippen LogP contribution in [-0.2, 0) is 10.1 Å². The number of hydrogen-bond acceptors (Lipinski definition) is 4. The van der Waals surface area contributed by atoms with Gasteiger partial charge in [-0.2, -0.15) is 0 Å². The summed E-state index contributed by atoms with van der Waals surface area (Å²) in [6.45, 7) is 1.72. The first-order valence-electron chi connectivity index (χ1n) is 5.15. The molecular formula is C12H10NNaO3S2. The van der Waals surface area contributed by atoms with E-state index in [1.54, 1.807) is 31.2 Å². The van der Waals surface area contributed by atoms with Gasteiger partial charge in [0.15, 0.2) is 0 Å². The number of nitrogens with one attached hydrogen (secondary N) is 1. The van der Waals surface area contributed by atoms with Gasteiger partial charge in [0.2, 0.25) is 0 Å². The Morgan fingerprint density at radius 2 is 1.74 bits per heavy atom. The van der Waals surface area contributed by atoms with Crippen molar-refractivity contribution in [2.24, 2.45) is 0 Å². The van der Waals surface area contributed by atoms with E-state index < -0.39 is 10.1 Å². The molecule has 0 aromatic heterocycles. The van der Waals surface area contributed by atoms with E-state index in [4.69, 9.17) is 12.2 Å². The molecule has 0 aliphatic rings. The number of thiocarbonyl (C=S) groups is 1. The topological polar surface area (TPSA) is 69.2 Å². The molecule has 0 fully saturated rings. The minimum atomic E-state index is -4.49. The summed E-state index contributed by atoms with van der Waals surface area (Å²) < 4.78 is 33.5. The van der Waals surface area contributed by atoms with E-state index in [-0.39, 0.29) is 34.5 Å². The molecule has 0 aliphatic carbocycles. The third-order valence-corrected chi connectivity index (χ3v) is 3.46.